The van der Waals surface area contributed by atoms with Crippen LogP contribution in [0.2, 0.25) is 0 Å². The Hall–Kier alpha value is -1.71. The van der Waals surface area contributed by atoms with Crippen molar-refractivity contribution in [2.24, 2.45) is 4.99 Å². The molecular formula is C9H6FNO3. The van der Waals surface area contributed by atoms with E-state index in [1.807, 2.05) is 0 Å². The molecule has 0 radical (unpaired) electrons. The van der Waals surface area contributed by atoms with Crippen molar-refractivity contribution in [3.05, 3.63) is 29.6 Å². The molecule has 1 aliphatic rings. The second-order valence-corrected chi connectivity index (χ2v) is 2.71. The van der Waals surface area contributed by atoms with E-state index in [1.54, 1.807) is 0 Å². The van der Waals surface area contributed by atoms with Crippen LogP contribution in [0.15, 0.2) is 23.2 Å². The minimum absolute atomic E-state index is 0.170. The molecule has 0 spiro atoms. The zero-order valence-electron chi connectivity index (χ0n) is 7.07. The molecule has 5 heteroatoms. The summed E-state index contributed by atoms with van der Waals surface area (Å²) in [6.45, 7) is 0.170. The number of halogens is 1. The molecule has 1 heterocycles. The van der Waals surface area contributed by atoms with Gasteiger partial charge in [0.25, 0.3) is 0 Å². The van der Waals surface area contributed by atoms with Gasteiger partial charge in [-0.15, -0.1) is 4.99 Å². The van der Waals surface area contributed by atoms with Crippen molar-refractivity contribution in [2.45, 2.75) is 13.0 Å². The number of carbonyl (C=O) groups excluding carboxylic acids is 1. The highest BCUT2D eigenvalue weighted by Crippen LogP contribution is 2.26. The lowest BCUT2D eigenvalue weighted by Crippen LogP contribution is -2.23. The van der Waals surface area contributed by atoms with E-state index in [9.17, 15) is 9.18 Å². The lowest BCUT2D eigenvalue weighted by molar-refractivity contribution is -0.101. The van der Waals surface area contributed by atoms with Crippen LogP contribution in [-0.4, -0.2) is 12.5 Å². The molecule has 0 saturated heterocycles. The lowest BCUT2D eigenvalue weighted by atomic mass is 10.2. The number of fused-ring (bicyclic) bond motifs is 1. The van der Waals surface area contributed by atoms with Crippen LogP contribution < -0.4 is 4.74 Å². The van der Waals surface area contributed by atoms with Gasteiger partial charge in [0.15, 0.2) is 0 Å². The smallest absolute Gasteiger partial charge is 0.312 e. The zero-order valence-corrected chi connectivity index (χ0v) is 7.07. The van der Waals surface area contributed by atoms with Gasteiger partial charge in [-0.2, -0.15) is 0 Å². The molecule has 0 aromatic heterocycles. The van der Waals surface area contributed by atoms with Gasteiger partial charge in [-0.1, -0.05) is 0 Å². The first-order valence-corrected chi connectivity index (χ1v) is 3.93. The van der Waals surface area contributed by atoms with Gasteiger partial charge >= 0.3 is 6.41 Å². The summed E-state index contributed by atoms with van der Waals surface area (Å²) >= 11 is 0. The Morgan fingerprint density at radius 3 is 3.21 bits per heavy atom. The fourth-order valence-corrected chi connectivity index (χ4v) is 1.19. The molecule has 72 valence electrons. The van der Waals surface area contributed by atoms with E-state index in [0.717, 1.165) is 0 Å². The molecule has 4 nitrogen and oxygen atoms in total. The fraction of sp³-hybridized carbons (Fsp3) is 0.222. The summed E-state index contributed by atoms with van der Waals surface area (Å²) in [6, 6.07) is 4.06. The van der Waals surface area contributed by atoms with Crippen molar-refractivity contribution in [1.82, 2.24) is 0 Å². The highest BCUT2D eigenvalue weighted by Gasteiger charge is 2.19. The van der Waals surface area contributed by atoms with Crippen LogP contribution >= 0.6 is 0 Å². The molecule has 1 atom stereocenters. The normalized spacial score (nSPS) is 19.1. The van der Waals surface area contributed by atoms with Gasteiger partial charge in [0.05, 0.1) is 6.61 Å². The van der Waals surface area contributed by atoms with Gasteiger partial charge in [0, 0.05) is 5.56 Å². The first-order valence-electron chi connectivity index (χ1n) is 3.93. The minimum Gasteiger partial charge on any atom is -0.444 e. The minimum atomic E-state index is -0.967. The van der Waals surface area contributed by atoms with Crippen molar-refractivity contribution in [2.75, 3.05) is 0 Å². The van der Waals surface area contributed by atoms with E-state index in [0.29, 0.717) is 11.3 Å². The summed E-state index contributed by atoms with van der Waals surface area (Å²) in [5.74, 6) is 0.120. The van der Waals surface area contributed by atoms with Crippen molar-refractivity contribution in [3.8, 4) is 5.75 Å². The Balaban J connectivity index is 2.27. The lowest BCUT2D eigenvalue weighted by Gasteiger charge is -2.21. The molecule has 0 fully saturated rings. The molecule has 0 aliphatic carbocycles. The number of hydrogen-bond donors (Lipinski definition) is 0. The summed E-state index contributed by atoms with van der Waals surface area (Å²) < 4.78 is 22.8. The van der Waals surface area contributed by atoms with Gasteiger partial charge in [-0.05, 0) is 18.2 Å². The van der Waals surface area contributed by atoms with Crippen molar-refractivity contribution in [3.63, 3.8) is 0 Å². The molecule has 2 rings (SSSR count). The zero-order chi connectivity index (χ0) is 9.97. The largest absolute Gasteiger partial charge is 0.444 e. The molecular weight excluding hydrogens is 189 g/mol. The SMILES string of the molecule is O=C=NC1OCc2cc(F)ccc2O1. The number of ether oxygens (including phenoxy) is 2. The highest BCUT2D eigenvalue weighted by molar-refractivity contribution is 5.36. The number of hydrogen-bond acceptors (Lipinski definition) is 4. The van der Waals surface area contributed by atoms with Gasteiger partial charge < -0.3 is 9.47 Å². The average molecular weight is 195 g/mol. The van der Waals surface area contributed by atoms with Gasteiger partial charge in [0.2, 0.25) is 6.08 Å². The van der Waals surface area contributed by atoms with Crippen LogP contribution in [0.1, 0.15) is 5.56 Å². The third-order valence-electron chi connectivity index (χ3n) is 1.79. The fourth-order valence-electron chi connectivity index (χ4n) is 1.19. The first-order chi connectivity index (χ1) is 6.79. The topological polar surface area (TPSA) is 47.9 Å². The maximum Gasteiger partial charge on any atom is 0.312 e. The monoisotopic (exact) mass is 195 g/mol. The second-order valence-electron chi connectivity index (χ2n) is 2.71. The van der Waals surface area contributed by atoms with E-state index >= 15 is 0 Å². The maximum atomic E-state index is 12.7. The van der Waals surface area contributed by atoms with Crippen molar-refractivity contribution < 1.29 is 18.7 Å². The number of aliphatic imine (C=N–C) groups is 1. The van der Waals surface area contributed by atoms with E-state index in [-0.39, 0.29) is 12.4 Å². The summed E-state index contributed by atoms with van der Waals surface area (Å²) in [5, 5.41) is 0. The van der Waals surface area contributed by atoms with Gasteiger partial charge in [0.1, 0.15) is 11.6 Å². The molecule has 14 heavy (non-hydrogen) atoms. The molecule has 1 unspecified atom stereocenters. The Morgan fingerprint density at radius 1 is 1.57 bits per heavy atom. The van der Waals surface area contributed by atoms with Crippen LogP contribution in [0.25, 0.3) is 0 Å². The Labute approximate surface area is 79.0 Å². The summed E-state index contributed by atoms with van der Waals surface area (Å²) in [6.07, 6.45) is 0.363. The van der Waals surface area contributed by atoms with Crippen molar-refractivity contribution in [1.29, 1.82) is 0 Å². The third-order valence-corrected chi connectivity index (χ3v) is 1.79. The molecule has 0 N–H and O–H groups in total. The van der Waals surface area contributed by atoms with Gasteiger partial charge in [-0.25, -0.2) is 9.18 Å². The number of isocyanates is 1. The van der Waals surface area contributed by atoms with E-state index < -0.39 is 6.41 Å². The van der Waals surface area contributed by atoms with Crippen LogP contribution in [0.3, 0.4) is 0 Å². The van der Waals surface area contributed by atoms with Crippen LogP contribution in [-0.2, 0) is 16.1 Å². The standard InChI is InChI=1S/C9H6FNO3/c10-7-1-2-8-6(3-7)4-13-9(14-8)11-5-12/h1-3,9H,4H2. The van der Waals surface area contributed by atoms with E-state index in [4.69, 9.17) is 9.47 Å². The molecule has 1 aliphatic heterocycles. The maximum absolute atomic E-state index is 12.7. The molecule has 1 aromatic carbocycles. The quantitative estimate of drug-likeness (QED) is 0.502. The van der Waals surface area contributed by atoms with Crippen LogP contribution in [0.4, 0.5) is 4.39 Å². The highest BCUT2D eigenvalue weighted by atomic mass is 19.1. The Bertz CT molecular complexity index is 401. The first kappa shape index (κ1) is 8.87. The van der Waals surface area contributed by atoms with Crippen molar-refractivity contribution >= 4 is 6.08 Å². The number of rotatable bonds is 1. The average Bonchev–Trinajstić information content (AvgIpc) is 2.19. The van der Waals surface area contributed by atoms with Gasteiger partial charge in [-0.3, -0.25) is 0 Å². The predicted octanol–water partition coefficient (Wildman–Crippen LogP) is 1.35. The summed E-state index contributed by atoms with van der Waals surface area (Å²) in [7, 11) is 0. The number of nitrogens with zero attached hydrogens (tertiary/aromatic N) is 1. The molecule has 0 saturated carbocycles. The second kappa shape index (κ2) is 3.57. The van der Waals surface area contributed by atoms with E-state index in [2.05, 4.69) is 4.99 Å². The number of benzene rings is 1. The summed E-state index contributed by atoms with van der Waals surface area (Å²) in [4.78, 5) is 13.2. The predicted molar refractivity (Wildman–Crippen MR) is 43.7 cm³/mol. The van der Waals surface area contributed by atoms with Crippen LogP contribution in [0.5, 0.6) is 5.75 Å². The molecule has 1 aromatic rings. The molecule has 0 bridgehead atoms. The summed E-state index contributed by atoms with van der Waals surface area (Å²) in [5.41, 5.74) is 0.599. The molecule has 0 amide bonds. The Morgan fingerprint density at radius 2 is 2.43 bits per heavy atom. The van der Waals surface area contributed by atoms with Crippen LogP contribution in [0, 0.1) is 5.82 Å². The Kier molecular flexibility index (Phi) is 2.26. The van der Waals surface area contributed by atoms with E-state index in [1.165, 1.54) is 24.3 Å². The third kappa shape index (κ3) is 1.64.